The third kappa shape index (κ3) is 33.9. The summed E-state index contributed by atoms with van der Waals surface area (Å²) in [5.74, 6) is 0. The highest BCUT2D eigenvalue weighted by molar-refractivity contribution is 5.16. The number of hydrogen-bond acceptors (Lipinski definition) is 0. The van der Waals surface area contributed by atoms with Gasteiger partial charge in [0.25, 0.3) is 0 Å². The van der Waals surface area contributed by atoms with Gasteiger partial charge in [-0.25, -0.2) is 4.57 Å². The van der Waals surface area contributed by atoms with Crippen LogP contribution < -0.4 is 46.3 Å². The van der Waals surface area contributed by atoms with Crippen LogP contribution in [0.25, 0.3) is 52.6 Å². The Labute approximate surface area is 367 Å². The number of nitrogens with zero attached hydrogens (tertiary/aromatic N) is 1. The molecule has 1 aromatic heterocycles. The molecule has 5 aromatic rings. The molecule has 0 spiro atoms. The molecule has 60 heavy (non-hydrogen) atoms. The van der Waals surface area contributed by atoms with E-state index in [2.05, 4.69) is 94.7 Å². The van der Waals surface area contributed by atoms with Gasteiger partial charge < -0.3 is 0 Å². The maximum Gasteiger partial charge on any atom is 0.168 e. The molecule has 0 saturated carbocycles. The lowest BCUT2D eigenvalue weighted by Crippen LogP contribution is -2.32. The second kappa shape index (κ2) is 37.0. The second-order valence-corrected chi connectivity index (χ2v) is 16.1. The fourth-order valence-corrected chi connectivity index (χ4v) is 6.29. The average molecular weight is 805 g/mol. The minimum absolute atomic E-state index is 1.04. The first-order valence-electron chi connectivity index (χ1n) is 23.0. The van der Waals surface area contributed by atoms with E-state index in [1.807, 2.05) is 97.1 Å². The van der Waals surface area contributed by atoms with Gasteiger partial charge in [0.2, 0.25) is 0 Å². The van der Waals surface area contributed by atoms with E-state index in [9.17, 15) is 0 Å². The predicted molar refractivity (Wildman–Crippen MR) is 272 cm³/mol. The van der Waals surface area contributed by atoms with Crippen molar-refractivity contribution in [2.75, 3.05) is 0 Å². The lowest BCUT2D eigenvalue weighted by Gasteiger charge is -2.04. The van der Waals surface area contributed by atoms with Gasteiger partial charge in [0.1, 0.15) is 6.54 Å². The number of aromatic nitrogens is 1. The van der Waals surface area contributed by atoms with Gasteiger partial charge >= 0.3 is 0 Å². The SMILES string of the molecule is C=c1ccc(=C)cc1.C=c1ccc(=C)cc1.C=c1ccc(=C)cc1.C=c1ccc(=C)cc1.CCCCCCCCCCCCCCCCCCCCCC[n+]1ccccc1. The van der Waals surface area contributed by atoms with E-state index in [-0.39, 0.29) is 0 Å². The standard InChI is InChI=1S/C27H50N.4C8H8/c1-2-3-4-5-6-7-8-9-10-11-12-13-14-15-16-17-18-19-20-22-25-28-26-23-21-24-27-28;4*1-7-3-5-8(2)6-4-7/h21,23-24,26-27H,2-20,22,25H2,1H3;4*3-6H,1-2H2/q+1;;;;. The van der Waals surface area contributed by atoms with E-state index in [1.54, 1.807) is 0 Å². The largest absolute Gasteiger partial charge is 0.205 e. The lowest BCUT2D eigenvalue weighted by atomic mass is 10.0. The van der Waals surface area contributed by atoms with E-state index in [0.717, 1.165) is 41.7 Å². The van der Waals surface area contributed by atoms with Crippen molar-refractivity contribution in [3.8, 4) is 0 Å². The number of rotatable bonds is 21. The third-order valence-corrected chi connectivity index (χ3v) is 10.1. The first-order valence-corrected chi connectivity index (χ1v) is 23.0. The molecule has 1 nitrogen and oxygen atoms in total. The summed E-state index contributed by atoms with van der Waals surface area (Å²) in [5.41, 5.74) is 0. The maximum atomic E-state index is 3.73. The molecule has 0 aliphatic heterocycles. The Bertz CT molecular complexity index is 1730. The zero-order valence-electron chi connectivity index (χ0n) is 38.1. The van der Waals surface area contributed by atoms with E-state index in [4.69, 9.17) is 0 Å². The lowest BCUT2D eigenvalue weighted by molar-refractivity contribution is -0.697. The van der Waals surface area contributed by atoms with E-state index < -0.39 is 0 Å². The van der Waals surface area contributed by atoms with Gasteiger partial charge in [-0.1, -0.05) is 278 Å². The summed E-state index contributed by atoms with van der Waals surface area (Å²) >= 11 is 0. The number of hydrogen-bond donors (Lipinski definition) is 0. The predicted octanol–water partition coefficient (Wildman–Crippen LogP) is 10.8. The fraction of sp³-hybridized carbons (Fsp3) is 0.373. The Hall–Kier alpha value is -5.01. The molecule has 322 valence electrons. The van der Waals surface area contributed by atoms with Gasteiger partial charge in [-0.15, -0.1) is 0 Å². The van der Waals surface area contributed by atoms with Crippen LogP contribution in [0.15, 0.2) is 128 Å². The molecule has 0 radical (unpaired) electrons. The Morgan fingerprint density at radius 1 is 0.267 bits per heavy atom. The maximum absolute atomic E-state index is 3.73. The number of unbranched alkanes of at least 4 members (excludes halogenated alkanes) is 19. The van der Waals surface area contributed by atoms with Crippen molar-refractivity contribution in [2.45, 2.75) is 142 Å². The van der Waals surface area contributed by atoms with Crippen molar-refractivity contribution in [2.24, 2.45) is 0 Å². The van der Waals surface area contributed by atoms with Crippen LogP contribution in [0.2, 0.25) is 0 Å². The van der Waals surface area contributed by atoms with E-state index >= 15 is 0 Å². The van der Waals surface area contributed by atoms with Gasteiger partial charge in [-0.3, -0.25) is 0 Å². The van der Waals surface area contributed by atoms with Crippen LogP contribution in [-0.4, -0.2) is 0 Å². The molecule has 4 aromatic carbocycles. The summed E-state index contributed by atoms with van der Waals surface area (Å²) in [6.07, 6.45) is 33.4. The van der Waals surface area contributed by atoms with Gasteiger partial charge in [-0.2, -0.15) is 0 Å². The smallest absolute Gasteiger partial charge is 0.168 e. The topological polar surface area (TPSA) is 3.88 Å². The van der Waals surface area contributed by atoms with Crippen LogP contribution in [0, 0.1) is 0 Å². The molecular weight excluding hydrogens is 723 g/mol. The summed E-state index contributed by atoms with van der Waals surface area (Å²) in [6.45, 7) is 33.4. The number of aryl methyl sites for hydroxylation is 1. The van der Waals surface area contributed by atoms with Gasteiger partial charge in [0, 0.05) is 18.6 Å². The zero-order chi connectivity index (χ0) is 43.9. The molecule has 0 bridgehead atoms. The van der Waals surface area contributed by atoms with E-state index in [0.29, 0.717) is 0 Å². The molecule has 0 fully saturated rings. The van der Waals surface area contributed by atoms with E-state index in [1.165, 1.54) is 135 Å². The molecule has 0 saturated heterocycles. The molecular formula is C59H82N+. The molecule has 0 aliphatic carbocycles. The summed E-state index contributed by atoms with van der Waals surface area (Å²) in [5, 5.41) is 8.31. The van der Waals surface area contributed by atoms with Gasteiger partial charge in [0.15, 0.2) is 12.4 Å². The van der Waals surface area contributed by atoms with Crippen LogP contribution in [0.1, 0.15) is 135 Å². The molecule has 1 heterocycles. The van der Waals surface area contributed by atoms with Crippen LogP contribution in [0.5, 0.6) is 0 Å². The third-order valence-electron chi connectivity index (χ3n) is 10.1. The van der Waals surface area contributed by atoms with Crippen molar-refractivity contribution < 1.29 is 4.57 Å². The van der Waals surface area contributed by atoms with Crippen molar-refractivity contribution in [1.29, 1.82) is 0 Å². The highest BCUT2D eigenvalue weighted by atomic mass is 14.9. The summed E-state index contributed by atoms with van der Waals surface area (Å²) in [4.78, 5) is 0. The average Bonchev–Trinajstić information content (AvgIpc) is 3.25. The highest BCUT2D eigenvalue weighted by Gasteiger charge is 1.98. The monoisotopic (exact) mass is 805 g/mol. The molecule has 0 atom stereocenters. The highest BCUT2D eigenvalue weighted by Crippen LogP contribution is 2.14. The Kier molecular flexibility index (Phi) is 32.7. The summed E-state index contributed by atoms with van der Waals surface area (Å²) < 4.78 is 2.30. The molecule has 0 N–H and O–H groups in total. The summed E-state index contributed by atoms with van der Waals surface area (Å²) in [7, 11) is 0. The normalized spacial score (nSPS) is 10.0. The van der Waals surface area contributed by atoms with Crippen molar-refractivity contribution in [1.82, 2.24) is 0 Å². The minimum atomic E-state index is 1.04. The van der Waals surface area contributed by atoms with Crippen LogP contribution in [-0.2, 0) is 6.54 Å². The zero-order valence-corrected chi connectivity index (χ0v) is 38.1. The fourth-order valence-electron chi connectivity index (χ4n) is 6.29. The van der Waals surface area contributed by atoms with Crippen molar-refractivity contribution >= 4 is 52.6 Å². The minimum Gasteiger partial charge on any atom is -0.205 e. The number of benzene rings is 4. The second-order valence-electron chi connectivity index (χ2n) is 16.1. The van der Waals surface area contributed by atoms with Crippen LogP contribution in [0.3, 0.4) is 0 Å². The molecule has 0 amide bonds. The first-order chi connectivity index (χ1) is 29.1. The Morgan fingerprint density at radius 2 is 0.450 bits per heavy atom. The number of pyridine rings is 1. The molecule has 1 heteroatoms. The Morgan fingerprint density at radius 3 is 0.650 bits per heavy atom. The van der Waals surface area contributed by atoms with Crippen molar-refractivity contribution in [3.63, 3.8) is 0 Å². The first kappa shape index (κ1) is 53.0. The summed E-state index contributed by atoms with van der Waals surface area (Å²) in [6, 6.07) is 37.5. The van der Waals surface area contributed by atoms with Gasteiger partial charge in [-0.05, 0) is 48.2 Å². The van der Waals surface area contributed by atoms with Gasteiger partial charge in [0.05, 0.1) is 0 Å². The molecule has 0 aliphatic rings. The molecule has 5 rings (SSSR count). The van der Waals surface area contributed by atoms with Crippen LogP contribution in [0.4, 0.5) is 0 Å². The molecule has 0 unspecified atom stereocenters. The quantitative estimate of drug-likeness (QED) is 0.0514. The Balaban J connectivity index is 0.000000447. The van der Waals surface area contributed by atoms with Crippen molar-refractivity contribution in [3.05, 3.63) is 169 Å². The van der Waals surface area contributed by atoms with Crippen LogP contribution >= 0.6 is 0 Å².